The molecule has 3 aromatic rings. The number of aryl methyl sites for hydroxylation is 1. The molecule has 0 saturated heterocycles. The molecule has 0 atom stereocenters. The summed E-state index contributed by atoms with van der Waals surface area (Å²) in [6.07, 6.45) is 5.74. The second-order valence-electron chi connectivity index (χ2n) is 9.46. The van der Waals surface area contributed by atoms with Crippen LogP contribution in [0.1, 0.15) is 36.8 Å². The molecule has 2 amide bonds. The van der Waals surface area contributed by atoms with Crippen LogP contribution in [0.25, 0.3) is 10.8 Å². The Bertz CT molecular complexity index is 1330. The molecular formula is C30H34N4O3. The predicted molar refractivity (Wildman–Crippen MR) is 149 cm³/mol. The van der Waals surface area contributed by atoms with Crippen molar-refractivity contribution in [2.45, 2.75) is 32.6 Å². The summed E-state index contributed by atoms with van der Waals surface area (Å²) < 4.78 is 5.49. The third-order valence-electron chi connectivity index (χ3n) is 6.35. The number of esters is 1. The van der Waals surface area contributed by atoms with Crippen LogP contribution in [0.2, 0.25) is 0 Å². The fourth-order valence-corrected chi connectivity index (χ4v) is 4.31. The number of nitrogens with one attached hydrogen (secondary N) is 1. The van der Waals surface area contributed by atoms with Gasteiger partial charge in [0.2, 0.25) is 5.90 Å². The molecule has 0 unspecified atom stereocenters. The van der Waals surface area contributed by atoms with E-state index in [0.29, 0.717) is 18.1 Å². The second-order valence-corrected chi connectivity index (χ2v) is 9.46. The van der Waals surface area contributed by atoms with E-state index >= 15 is 0 Å². The number of hydrogen-bond donors (Lipinski definition) is 1. The van der Waals surface area contributed by atoms with Crippen molar-refractivity contribution < 1.29 is 14.3 Å². The molecule has 0 aliphatic carbocycles. The maximum absolute atomic E-state index is 12.4. The van der Waals surface area contributed by atoms with Crippen LogP contribution in [0.4, 0.5) is 10.5 Å². The van der Waals surface area contributed by atoms with Crippen LogP contribution in [0.15, 0.2) is 83.6 Å². The van der Waals surface area contributed by atoms with Gasteiger partial charge in [-0.05, 0) is 54.3 Å². The highest BCUT2D eigenvalue weighted by Gasteiger charge is 2.25. The quantitative estimate of drug-likeness (QED) is 0.213. The number of carbonyl (C=O) groups excluding carboxylic acids is 2. The summed E-state index contributed by atoms with van der Waals surface area (Å²) in [5.41, 5.74) is 3.05. The zero-order chi connectivity index (χ0) is 26.2. The Kier molecular flexibility index (Phi) is 8.56. The molecule has 0 saturated carbocycles. The van der Waals surface area contributed by atoms with Gasteiger partial charge in [-0.25, -0.2) is 14.6 Å². The van der Waals surface area contributed by atoms with Gasteiger partial charge in [-0.15, -0.1) is 0 Å². The number of amides is 2. The Hall–Kier alpha value is -4.13. The Morgan fingerprint density at radius 3 is 2.49 bits per heavy atom. The molecule has 1 N–H and O–H groups in total. The monoisotopic (exact) mass is 498 g/mol. The standard InChI is InChI=1S/C30H34N4O3/c1-22-12-10-15-24(20-22)31-30(36)34(3)19-9-5-4-8-18-33(2)21-27-29(35)37-28(32-27)26-17-11-14-23-13-6-7-16-25(23)26/h6-7,10-17,20-21H,4-5,8-9,18-19H2,1-3H3,(H,31,36)/b27-21+. The molecule has 37 heavy (non-hydrogen) atoms. The van der Waals surface area contributed by atoms with Gasteiger partial charge in [-0.3, -0.25) is 0 Å². The molecule has 0 fully saturated rings. The van der Waals surface area contributed by atoms with Crippen LogP contribution in [0.3, 0.4) is 0 Å². The summed E-state index contributed by atoms with van der Waals surface area (Å²) in [5, 5.41) is 5.01. The summed E-state index contributed by atoms with van der Waals surface area (Å²) in [4.78, 5) is 33.0. The van der Waals surface area contributed by atoms with Crippen LogP contribution in [0, 0.1) is 6.92 Å². The topological polar surface area (TPSA) is 74.2 Å². The number of fused-ring (bicyclic) bond motifs is 1. The van der Waals surface area contributed by atoms with Gasteiger partial charge < -0.3 is 19.9 Å². The smallest absolute Gasteiger partial charge is 0.365 e. The molecule has 4 rings (SSSR count). The molecular weight excluding hydrogens is 464 g/mol. The number of hydrogen-bond acceptors (Lipinski definition) is 5. The minimum atomic E-state index is -0.429. The van der Waals surface area contributed by atoms with E-state index in [1.54, 1.807) is 11.1 Å². The molecule has 3 aromatic carbocycles. The Morgan fingerprint density at radius 1 is 0.946 bits per heavy atom. The molecule has 0 aromatic heterocycles. The van der Waals surface area contributed by atoms with E-state index in [-0.39, 0.29) is 6.03 Å². The first-order valence-electron chi connectivity index (χ1n) is 12.7. The van der Waals surface area contributed by atoms with Crippen LogP contribution in [-0.2, 0) is 9.53 Å². The highest BCUT2D eigenvalue weighted by atomic mass is 16.6. The molecule has 1 aliphatic heterocycles. The van der Waals surface area contributed by atoms with Crippen LogP contribution >= 0.6 is 0 Å². The zero-order valence-electron chi connectivity index (χ0n) is 21.7. The minimum Gasteiger partial charge on any atom is -0.402 e. The highest BCUT2D eigenvalue weighted by Crippen LogP contribution is 2.24. The third kappa shape index (κ3) is 6.97. The van der Waals surface area contributed by atoms with E-state index < -0.39 is 5.97 Å². The lowest BCUT2D eigenvalue weighted by Gasteiger charge is -2.18. The largest absolute Gasteiger partial charge is 0.402 e. The van der Waals surface area contributed by atoms with Crippen molar-refractivity contribution in [1.29, 1.82) is 0 Å². The number of benzene rings is 3. The van der Waals surface area contributed by atoms with Gasteiger partial charge in [-0.2, -0.15) is 0 Å². The normalized spacial score (nSPS) is 14.0. The maximum Gasteiger partial charge on any atom is 0.365 e. The molecule has 1 aliphatic rings. The van der Waals surface area contributed by atoms with Crippen molar-refractivity contribution in [3.63, 3.8) is 0 Å². The zero-order valence-corrected chi connectivity index (χ0v) is 21.7. The summed E-state index contributed by atoms with van der Waals surface area (Å²) in [5.74, 6) is -0.0845. The van der Waals surface area contributed by atoms with Gasteiger partial charge in [0.1, 0.15) is 0 Å². The lowest BCUT2D eigenvalue weighted by Crippen LogP contribution is -2.32. The average molecular weight is 499 g/mol. The van der Waals surface area contributed by atoms with Gasteiger partial charge in [0.15, 0.2) is 5.70 Å². The second kappa shape index (κ2) is 12.2. The lowest BCUT2D eigenvalue weighted by atomic mass is 10.0. The van der Waals surface area contributed by atoms with Crippen LogP contribution < -0.4 is 5.32 Å². The first-order chi connectivity index (χ1) is 17.9. The van der Waals surface area contributed by atoms with Gasteiger partial charge in [0, 0.05) is 44.6 Å². The summed E-state index contributed by atoms with van der Waals surface area (Å²) in [6, 6.07) is 21.6. The Morgan fingerprint density at radius 2 is 1.68 bits per heavy atom. The molecule has 7 heteroatoms. The maximum atomic E-state index is 12.4. The van der Waals surface area contributed by atoms with Crippen molar-refractivity contribution in [2.75, 3.05) is 32.5 Å². The average Bonchev–Trinajstić information content (AvgIpc) is 3.25. The third-order valence-corrected chi connectivity index (χ3v) is 6.35. The molecule has 1 heterocycles. The summed E-state index contributed by atoms with van der Waals surface area (Å²) >= 11 is 0. The van der Waals surface area contributed by atoms with Crippen LogP contribution in [-0.4, -0.2) is 54.9 Å². The predicted octanol–water partition coefficient (Wildman–Crippen LogP) is 5.95. The number of anilines is 1. The Balaban J connectivity index is 1.20. The number of ether oxygens (including phenoxy) is 1. The van der Waals surface area contributed by atoms with Gasteiger partial charge in [0.25, 0.3) is 0 Å². The highest BCUT2D eigenvalue weighted by molar-refractivity contribution is 6.16. The SMILES string of the molecule is Cc1cccc(NC(=O)N(C)CCCCCCN(C)/C=C2/N=C(c3cccc4ccccc34)OC2=O)c1. The van der Waals surface area contributed by atoms with E-state index in [2.05, 4.69) is 10.3 Å². The molecule has 0 bridgehead atoms. The van der Waals surface area contributed by atoms with E-state index in [9.17, 15) is 9.59 Å². The lowest BCUT2D eigenvalue weighted by molar-refractivity contribution is -0.130. The van der Waals surface area contributed by atoms with E-state index in [0.717, 1.165) is 59.8 Å². The summed E-state index contributed by atoms with van der Waals surface area (Å²) in [6.45, 7) is 3.51. The van der Waals surface area contributed by atoms with E-state index in [1.807, 2.05) is 92.6 Å². The summed E-state index contributed by atoms with van der Waals surface area (Å²) in [7, 11) is 3.76. The number of rotatable bonds is 10. The number of aliphatic imine (C=N–C) groups is 1. The van der Waals surface area contributed by atoms with Crippen molar-refractivity contribution in [1.82, 2.24) is 9.80 Å². The minimum absolute atomic E-state index is 0.0937. The van der Waals surface area contributed by atoms with Crippen molar-refractivity contribution in [3.05, 3.63) is 89.8 Å². The van der Waals surface area contributed by atoms with Crippen LogP contribution in [0.5, 0.6) is 0 Å². The number of carbonyl (C=O) groups is 2. The number of nitrogens with zero attached hydrogens (tertiary/aromatic N) is 3. The number of cyclic esters (lactones) is 1. The molecule has 7 nitrogen and oxygen atoms in total. The first-order valence-corrected chi connectivity index (χ1v) is 12.7. The van der Waals surface area contributed by atoms with Gasteiger partial charge >= 0.3 is 12.0 Å². The van der Waals surface area contributed by atoms with Crippen molar-refractivity contribution in [2.24, 2.45) is 4.99 Å². The fourth-order valence-electron chi connectivity index (χ4n) is 4.31. The number of unbranched alkanes of at least 4 members (excludes halogenated alkanes) is 3. The number of urea groups is 1. The fraction of sp³-hybridized carbons (Fsp3) is 0.300. The Labute approximate surface area is 218 Å². The van der Waals surface area contributed by atoms with Crippen molar-refractivity contribution in [3.8, 4) is 0 Å². The van der Waals surface area contributed by atoms with Gasteiger partial charge in [0.05, 0.1) is 0 Å². The first kappa shape index (κ1) is 25.9. The molecule has 0 radical (unpaired) electrons. The molecule has 192 valence electrons. The van der Waals surface area contributed by atoms with E-state index in [1.165, 1.54) is 0 Å². The van der Waals surface area contributed by atoms with Gasteiger partial charge in [-0.1, -0.05) is 61.4 Å². The van der Waals surface area contributed by atoms with Crippen molar-refractivity contribution >= 4 is 34.4 Å². The van der Waals surface area contributed by atoms with E-state index in [4.69, 9.17) is 4.74 Å². The molecule has 0 spiro atoms.